The fourth-order valence-corrected chi connectivity index (χ4v) is 1.73. The minimum absolute atomic E-state index is 0.347. The van der Waals surface area contributed by atoms with Gasteiger partial charge in [0.05, 0.1) is 6.61 Å². The molecule has 94 valence electrons. The first-order chi connectivity index (χ1) is 8.65. The molecule has 0 aromatic heterocycles. The molecule has 3 heteroatoms. The summed E-state index contributed by atoms with van der Waals surface area (Å²) >= 11 is 0. The number of rotatable bonds is 4. The quantitative estimate of drug-likeness (QED) is 0.764. The molecule has 0 radical (unpaired) electrons. The molecule has 0 bridgehead atoms. The second-order valence-electron chi connectivity index (χ2n) is 4.43. The lowest BCUT2D eigenvalue weighted by Crippen LogP contribution is -2.15. The van der Waals surface area contributed by atoms with E-state index >= 15 is 0 Å². The summed E-state index contributed by atoms with van der Waals surface area (Å²) in [7, 11) is 0. The Morgan fingerprint density at radius 3 is 2.72 bits per heavy atom. The summed E-state index contributed by atoms with van der Waals surface area (Å²) in [5, 5.41) is 0. The average molecular weight is 244 g/mol. The molecule has 0 N–H and O–H groups in total. The van der Waals surface area contributed by atoms with Crippen molar-refractivity contribution in [1.82, 2.24) is 0 Å². The van der Waals surface area contributed by atoms with Gasteiger partial charge in [-0.25, -0.2) is 4.79 Å². The number of hydrogen-bond donors (Lipinski definition) is 0. The minimum Gasteiger partial charge on any atom is -0.428 e. The van der Waals surface area contributed by atoms with E-state index in [0.717, 1.165) is 16.7 Å². The second-order valence-corrected chi connectivity index (χ2v) is 4.43. The van der Waals surface area contributed by atoms with Crippen LogP contribution in [0.4, 0.5) is 0 Å². The van der Waals surface area contributed by atoms with Gasteiger partial charge in [0.25, 0.3) is 0 Å². The van der Waals surface area contributed by atoms with Gasteiger partial charge >= 0.3 is 5.97 Å². The van der Waals surface area contributed by atoms with Crippen molar-refractivity contribution in [3.63, 3.8) is 0 Å². The van der Waals surface area contributed by atoms with Crippen LogP contribution >= 0.6 is 0 Å². The molecule has 0 aliphatic carbocycles. The van der Waals surface area contributed by atoms with E-state index in [1.807, 2.05) is 50.3 Å². The number of cyclic esters (lactones) is 1. The number of hydrogen-bond acceptors (Lipinski definition) is 3. The maximum atomic E-state index is 11.2. The van der Waals surface area contributed by atoms with Crippen LogP contribution in [0.15, 0.2) is 53.6 Å². The molecule has 0 spiro atoms. The monoisotopic (exact) mass is 244 g/mol. The molecule has 3 nitrogen and oxygen atoms in total. The second kappa shape index (κ2) is 5.65. The first-order valence-corrected chi connectivity index (χ1v) is 5.88. The van der Waals surface area contributed by atoms with Crippen LogP contribution in [0.3, 0.4) is 0 Å². The van der Waals surface area contributed by atoms with E-state index in [4.69, 9.17) is 9.47 Å². The van der Waals surface area contributed by atoms with Gasteiger partial charge in [-0.05, 0) is 19.4 Å². The van der Waals surface area contributed by atoms with Crippen LogP contribution in [-0.2, 0) is 20.9 Å². The van der Waals surface area contributed by atoms with Crippen molar-refractivity contribution in [3.05, 3.63) is 59.2 Å². The van der Waals surface area contributed by atoms with Crippen molar-refractivity contribution in [2.45, 2.75) is 26.7 Å². The Morgan fingerprint density at radius 1 is 1.33 bits per heavy atom. The third-order valence-electron chi connectivity index (χ3n) is 2.48. The van der Waals surface area contributed by atoms with Gasteiger partial charge in [-0.1, -0.05) is 42.0 Å². The lowest BCUT2D eigenvalue weighted by Gasteiger charge is -2.13. The van der Waals surface area contributed by atoms with Gasteiger partial charge < -0.3 is 9.47 Å². The molecule has 1 aromatic carbocycles. The summed E-state index contributed by atoms with van der Waals surface area (Å²) in [6.45, 7) is 4.36. The number of ether oxygens (including phenoxy) is 2. The number of esters is 1. The maximum Gasteiger partial charge on any atom is 0.333 e. The van der Waals surface area contributed by atoms with Crippen molar-refractivity contribution in [2.75, 3.05) is 0 Å². The van der Waals surface area contributed by atoms with Crippen LogP contribution in [0.25, 0.3) is 0 Å². The summed E-state index contributed by atoms with van der Waals surface area (Å²) in [5.74, 6) is -0.347. The van der Waals surface area contributed by atoms with E-state index in [0.29, 0.717) is 6.61 Å². The zero-order valence-corrected chi connectivity index (χ0v) is 10.6. The van der Waals surface area contributed by atoms with Gasteiger partial charge in [-0.2, -0.15) is 0 Å². The fraction of sp³-hybridized carbons (Fsp3) is 0.267. The summed E-state index contributed by atoms with van der Waals surface area (Å²) in [6, 6.07) is 9.80. The SMILES string of the molecule is CC(C)=CC1=CC(=O)OC1OCc1ccccc1. The molecular formula is C15H16O3. The van der Waals surface area contributed by atoms with Crippen LogP contribution in [0.2, 0.25) is 0 Å². The Balaban J connectivity index is 1.99. The molecule has 2 rings (SSSR count). The van der Waals surface area contributed by atoms with Crippen molar-refractivity contribution in [3.8, 4) is 0 Å². The predicted octanol–water partition coefficient (Wildman–Crippen LogP) is 2.98. The smallest absolute Gasteiger partial charge is 0.333 e. The molecule has 1 heterocycles. The van der Waals surface area contributed by atoms with Gasteiger partial charge in [-0.3, -0.25) is 0 Å². The summed E-state index contributed by atoms with van der Waals surface area (Å²) in [5.41, 5.74) is 2.93. The van der Waals surface area contributed by atoms with Gasteiger partial charge in [0.15, 0.2) is 0 Å². The number of benzene rings is 1. The van der Waals surface area contributed by atoms with Crippen LogP contribution in [-0.4, -0.2) is 12.3 Å². The summed E-state index contributed by atoms with van der Waals surface area (Å²) < 4.78 is 10.7. The Hall–Kier alpha value is -1.87. The molecule has 1 atom stereocenters. The van der Waals surface area contributed by atoms with Gasteiger partial charge in [0.2, 0.25) is 6.29 Å². The molecule has 0 saturated carbocycles. The van der Waals surface area contributed by atoms with Gasteiger partial charge in [0, 0.05) is 11.6 Å². The van der Waals surface area contributed by atoms with Crippen LogP contribution < -0.4 is 0 Å². The molecule has 0 amide bonds. The van der Waals surface area contributed by atoms with E-state index in [9.17, 15) is 4.79 Å². The number of carbonyl (C=O) groups excluding carboxylic acids is 1. The van der Waals surface area contributed by atoms with E-state index < -0.39 is 6.29 Å². The normalized spacial score (nSPS) is 18.2. The van der Waals surface area contributed by atoms with E-state index in [1.54, 1.807) is 0 Å². The van der Waals surface area contributed by atoms with Crippen LogP contribution in [0, 0.1) is 0 Å². The van der Waals surface area contributed by atoms with Gasteiger partial charge in [0.1, 0.15) is 0 Å². The highest BCUT2D eigenvalue weighted by Gasteiger charge is 2.25. The molecule has 1 aliphatic rings. The third-order valence-corrected chi connectivity index (χ3v) is 2.48. The molecule has 0 saturated heterocycles. The largest absolute Gasteiger partial charge is 0.428 e. The van der Waals surface area contributed by atoms with E-state index in [2.05, 4.69) is 0 Å². The molecule has 0 fully saturated rings. The molecule has 18 heavy (non-hydrogen) atoms. The number of carbonyl (C=O) groups is 1. The fourth-order valence-electron chi connectivity index (χ4n) is 1.73. The first kappa shape index (κ1) is 12.6. The Morgan fingerprint density at radius 2 is 2.06 bits per heavy atom. The molecular weight excluding hydrogens is 228 g/mol. The lowest BCUT2D eigenvalue weighted by atomic mass is 10.2. The highest BCUT2D eigenvalue weighted by Crippen LogP contribution is 2.20. The zero-order valence-electron chi connectivity index (χ0n) is 10.6. The third kappa shape index (κ3) is 3.31. The molecule has 1 aromatic rings. The standard InChI is InChI=1S/C15H16O3/c1-11(2)8-13-9-14(16)18-15(13)17-10-12-6-4-3-5-7-12/h3-9,15H,10H2,1-2H3. The zero-order chi connectivity index (χ0) is 13.0. The van der Waals surface area contributed by atoms with Crippen molar-refractivity contribution in [1.29, 1.82) is 0 Å². The average Bonchev–Trinajstić information content (AvgIpc) is 2.67. The van der Waals surface area contributed by atoms with Crippen LogP contribution in [0.5, 0.6) is 0 Å². The first-order valence-electron chi connectivity index (χ1n) is 5.88. The molecule has 1 aliphatic heterocycles. The predicted molar refractivity (Wildman–Crippen MR) is 68.6 cm³/mol. The Kier molecular flexibility index (Phi) is 3.95. The lowest BCUT2D eigenvalue weighted by molar-refractivity contribution is -0.160. The van der Waals surface area contributed by atoms with Crippen LogP contribution in [0.1, 0.15) is 19.4 Å². The number of allylic oxidation sites excluding steroid dienone is 1. The summed E-state index contributed by atoms with van der Waals surface area (Å²) in [4.78, 5) is 11.2. The maximum absolute atomic E-state index is 11.2. The summed E-state index contributed by atoms with van der Waals surface area (Å²) in [6.07, 6.45) is 2.79. The van der Waals surface area contributed by atoms with E-state index in [1.165, 1.54) is 6.08 Å². The van der Waals surface area contributed by atoms with E-state index in [-0.39, 0.29) is 5.97 Å². The van der Waals surface area contributed by atoms with Crippen molar-refractivity contribution >= 4 is 5.97 Å². The van der Waals surface area contributed by atoms with Crippen molar-refractivity contribution < 1.29 is 14.3 Å². The minimum atomic E-state index is -0.590. The topological polar surface area (TPSA) is 35.5 Å². The Labute approximate surface area is 107 Å². The molecule has 1 unspecified atom stereocenters. The highest BCUT2D eigenvalue weighted by molar-refractivity contribution is 5.86. The van der Waals surface area contributed by atoms with Crippen molar-refractivity contribution in [2.24, 2.45) is 0 Å². The van der Waals surface area contributed by atoms with Gasteiger partial charge in [-0.15, -0.1) is 0 Å². The highest BCUT2D eigenvalue weighted by atomic mass is 16.7. The Bertz CT molecular complexity index is 482.